The lowest BCUT2D eigenvalue weighted by Gasteiger charge is -2.15. The van der Waals surface area contributed by atoms with Gasteiger partial charge in [-0.2, -0.15) is 5.10 Å². The maximum Gasteiger partial charge on any atom is 0.226 e. The maximum atomic E-state index is 11.9. The predicted octanol–water partition coefficient (Wildman–Crippen LogP) is 4.96. The number of rotatable bonds is 8. The lowest BCUT2D eigenvalue weighted by Crippen LogP contribution is -2.37. The summed E-state index contributed by atoms with van der Waals surface area (Å²) in [6.45, 7) is 11.8. The molecule has 1 aromatic heterocycles. The first-order valence-corrected chi connectivity index (χ1v) is 11.4. The molecule has 0 unspecified atom stereocenters. The molecule has 0 spiro atoms. The normalized spacial score (nSPS) is 11.2. The average Bonchev–Trinajstić information content (AvgIpc) is 3.14. The van der Waals surface area contributed by atoms with E-state index < -0.39 is 0 Å². The number of aliphatic imine (C=N–C) groups is 1. The second-order valence-electron chi connectivity index (χ2n) is 8.36. The molecule has 7 nitrogen and oxygen atoms in total. The number of anilines is 1. The third-order valence-electron chi connectivity index (χ3n) is 5.19. The van der Waals surface area contributed by atoms with Gasteiger partial charge in [-0.25, -0.2) is 9.67 Å². The van der Waals surface area contributed by atoms with Crippen LogP contribution in [-0.4, -0.2) is 28.2 Å². The first kappa shape index (κ1) is 27.4. The van der Waals surface area contributed by atoms with Crippen molar-refractivity contribution >= 4 is 41.5 Å². The van der Waals surface area contributed by atoms with E-state index in [1.807, 2.05) is 68.8 Å². The van der Waals surface area contributed by atoms with Crippen LogP contribution in [0, 0.1) is 19.8 Å². The van der Waals surface area contributed by atoms with Crippen molar-refractivity contribution in [3.63, 3.8) is 0 Å². The Bertz CT molecular complexity index is 1100. The molecule has 0 aliphatic rings. The summed E-state index contributed by atoms with van der Waals surface area (Å²) in [6.07, 6.45) is 0. The Balaban J connectivity index is 0.00000408. The van der Waals surface area contributed by atoms with E-state index in [1.165, 1.54) is 0 Å². The van der Waals surface area contributed by atoms with Crippen molar-refractivity contribution in [2.24, 2.45) is 10.9 Å². The van der Waals surface area contributed by atoms with Crippen molar-refractivity contribution < 1.29 is 4.79 Å². The first-order chi connectivity index (χ1) is 15.9. The summed E-state index contributed by atoms with van der Waals surface area (Å²) in [5.74, 6) is 0.715. The number of benzene rings is 2. The summed E-state index contributed by atoms with van der Waals surface area (Å²) >= 11 is 0. The van der Waals surface area contributed by atoms with Crippen LogP contribution >= 0.6 is 24.0 Å². The van der Waals surface area contributed by atoms with Crippen LogP contribution in [0.3, 0.4) is 0 Å². The Kier molecular flexibility index (Phi) is 10.6. The van der Waals surface area contributed by atoms with Crippen molar-refractivity contribution in [3.8, 4) is 5.69 Å². The largest absolute Gasteiger partial charge is 0.357 e. The molecule has 0 radical (unpaired) electrons. The Morgan fingerprint density at radius 1 is 1.06 bits per heavy atom. The zero-order valence-corrected chi connectivity index (χ0v) is 22.9. The first-order valence-electron chi connectivity index (χ1n) is 11.4. The molecule has 2 aromatic carbocycles. The number of aromatic nitrogens is 2. The lowest BCUT2D eigenvalue weighted by atomic mass is 10.1. The quantitative estimate of drug-likeness (QED) is 0.202. The standard InChI is InChI=1S/C26H34N6O.HI/c1-6-27-26(28-16-21-11-13-23(14-12-21)30-25(33)18(2)3)29-17-22-9-7-8-10-24(22)32-20(5)15-19(4)31-32;/h7-15,18H,6,16-17H2,1-5H3,(H,30,33)(H2,27,28,29);1H. The molecule has 3 aromatic rings. The van der Waals surface area contributed by atoms with Crippen molar-refractivity contribution in [3.05, 3.63) is 77.1 Å². The van der Waals surface area contributed by atoms with Crippen LogP contribution in [0.25, 0.3) is 5.69 Å². The van der Waals surface area contributed by atoms with Gasteiger partial charge in [-0.1, -0.05) is 44.2 Å². The minimum atomic E-state index is -0.0469. The van der Waals surface area contributed by atoms with Crippen LogP contribution in [0.4, 0.5) is 5.69 Å². The zero-order chi connectivity index (χ0) is 23.8. The molecule has 0 aliphatic carbocycles. The van der Waals surface area contributed by atoms with Gasteiger partial charge in [0.05, 0.1) is 17.9 Å². The van der Waals surface area contributed by atoms with Crippen LogP contribution < -0.4 is 16.0 Å². The van der Waals surface area contributed by atoms with E-state index in [-0.39, 0.29) is 35.8 Å². The number of halogens is 1. The molecule has 8 heteroatoms. The van der Waals surface area contributed by atoms with E-state index in [0.717, 1.165) is 46.4 Å². The van der Waals surface area contributed by atoms with Crippen molar-refractivity contribution in [1.29, 1.82) is 0 Å². The smallest absolute Gasteiger partial charge is 0.226 e. The third-order valence-corrected chi connectivity index (χ3v) is 5.19. The van der Waals surface area contributed by atoms with Crippen LogP contribution in [0.15, 0.2) is 59.6 Å². The highest BCUT2D eigenvalue weighted by atomic mass is 127. The number of hydrogen-bond donors (Lipinski definition) is 3. The molecule has 1 amide bonds. The number of aryl methyl sites for hydroxylation is 2. The summed E-state index contributed by atoms with van der Waals surface area (Å²) in [4.78, 5) is 16.6. The Hall–Kier alpha value is -2.88. The number of nitrogens with zero attached hydrogens (tertiary/aromatic N) is 3. The topological polar surface area (TPSA) is 83.3 Å². The number of nitrogens with one attached hydrogen (secondary N) is 3. The molecule has 0 aliphatic heterocycles. The second kappa shape index (κ2) is 13.1. The average molecular weight is 575 g/mol. The number of carbonyl (C=O) groups excluding carboxylic acids is 1. The van der Waals surface area contributed by atoms with Crippen LogP contribution in [0.5, 0.6) is 0 Å². The van der Waals surface area contributed by atoms with Gasteiger partial charge in [0.15, 0.2) is 5.96 Å². The van der Waals surface area contributed by atoms with E-state index >= 15 is 0 Å². The fourth-order valence-corrected chi connectivity index (χ4v) is 3.41. The number of carbonyl (C=O) groups is 1. The van der Waals surface area contributed by atoms with Gasteiger partial charge in [0.25, 0.3) is 0 Å². The van der Waals surface area contributed by atoms with E-state index in [0.29, 0.717) is 13.1 Å². The molecule has 0 saturated carbocycles. The third kappa shape index (κ3) is 7.58. The van der Waals surface area contributed by atoms with Gasteiger partial charge in [0, 0.05) is 30.4 Å². The summed E-state index contributed by atoms with van der Waals surface area (Å²) in [7, 11) is 0. The number of amides is 1. The Morgan fingerprint density at radius 2 is 1.76 bits per heavy atom. The molecule has 3 rings (SSSR count). The summed E-state index contributed by atoms with van der Waals surface area (Å²) < 4.78 is 1.98. The number of guanidine groups is 1. The lowest BCUT2D eigenvalue weighted by molar-refractivity contribution is -0.118. The molecule has 0 fully saturated rings. The van der Waals surface area contributed by atoms with E-state index in [1.54, 1.807) is 0 Å². The molecule has 3 N–H and O–H groups in total. The predicted molar refractivity (Wildman–Crippen MR) is 150 cm³/mol. The Morgan fingerprint density at radius 3 is 2.38 bits per heavy atom. The molecule has 1 heterocycles. The van der Waals surface area contributed by atoms with Gasteiger partial charge in [-0.15, -0.1) is 24.0 Å². The van der Waals surface area contributed by atoms with Gasteiger partial charge in [-0.05, 0) is 56.2 Å². The number of hydrogen-bond acceptors (Lipinski definition) is 3. The van der Waals surface area contributed by atoms with Gasteiger partial charge >= 0.3 is 0 Å². The summed E-state index contributed by atoms with van der Waals surface area (Å²) in [6, 6.07) is 18.1. The molecule has 0 saturated heterocycles. The van der Waals surface area contributed by atoms with Crippen molar-refractivity contribution in [2.75, 3.05) is 11.9 Å². The molecule has 34 heavy (non-hydrogen) atoms. The molecular weight excluding hydrogens is 539 g/mol. The minimum Gasteiger partial charge on any atom is -0.357 e. The van der Waals surface area contributed by atoms with E-state index in [2.05, 4.69) is 46.2 Å². The number of para-hydroxylation sites is 1. The van der Waals surface area contributed by atoms with Gasteiger partial charge in [-0.3, -0.25) is 4.79 Å². The maximum absolute atomic E-state index is 11.9. The minimum absolute atomic E-state index is 0. The monoisotopic (exact) mass is 574 g/mol. The van der Waals surface area contributed by atoms with Gasteiger partial charge in [0.1, 0.15) is 0 Å². The summed E-state index contributed by atoms with van der Waals surface area (Å²) in [5, 5.41) is 14.3. The van der Waals surface area contributed by atoms with E-state index in [4.69, 9.17) is 4.99 Å². The zero-order valence-electron chi connectivity index (χ0n) is 20.6. The highest BCUT2D eigenvalue weighted by Crippen LogP contribution is 2.17. The summed E-state index contributed by atoms with van der Waals surface area (Å²) in [5.41, 5.74) is 6.17. The van der Waals surface area contributed by atoms with Gasteiger partial charge < -0.3 is 16.0 Å². The van der Waals surface area contributed by atoms with Crippen LogP contribution in [0.1, 0.15) is 43.3 Å². The van der Waals surface area contributed by atoms with E-state index in [9.17, 15) is 4.79 Å². The van der Waals surface area contributed by atoms with Crippen LogP contribution in [-0.2, 0) is 17.9 Å². The molecule has 0 bridgehead atoms. The van der Waals surface area contributed by atoms with Gasteiger partial charge in [0.2, 0.25) is 5.91 Å². The SMILES string of the molecule is CCNC(=NCc1ccc(NC(=O)C(C)C)cc1)NCc1ccccc1-n1nc(C)cc1C.I. The highest BCUT2D eigenvalue weighted by molar-refractivity contribution is 14.0. The molecule has 0 atom stereocenters. The molecule has 182 valence electrons. The van der Waals surface area contributed by atoms with Crippen LogP contribution in [0.2, 0.25) is 0 Å². The Labute approximate surface area is 219 Å². The highest BCUT2D eigenvalue weighted by Gasteiger charge is 2.10. The fourth-order valence-electron chi connectivity index (χ4n) is 3.41. The second-order valence-corrected chi connectivity index (χ2v) is 8.36. The molecular formula is C26H35IN6O. The van der Waals surface area contributed by atoms with Crippen molar-refractivity contribution in [1.82, 2.24) is 20.4 Å². The van der Waals surface area contributed by atoms with Crippen molar-refractivity contribution in [2.45, 2.75) is 47.7 Å². The fraction of sp³-hybridized carbons (Fsp3) is 0.346.